The fraction of sp³-hybridized carbons (Fsp3) is 0.273. The van der Waals surface area contributed by atoms with Crippen molar-refractivity contribution in [1.82, 2.24) is 4.98 Å². The van der Waals surface area contributed by atoms with Crippen LogP contribution in [0.1, 0.15) is 25.0 Å². The molecule has 3 aromatic rings. The molecular formula is C22H24BrN3O. The average Bonchev–Trinajstić information content (AvgIpc) is 2.65. The van der Waals surface area contributed by atoms with Crippen LogP contribution in [0, 0.1) is 6.92 Å². The predicted molar refractivity (Wildman–Crippen MR) is 117 cm³/mol. The van der Waals surface area contributed by atoms with Crippen molar-refractivity contribution in [2.75, 3.05) is 23.3 Å². The summed E-state index contributed by atoms with van der Waals surface area (Å²) in [6.45, 7) is 8.21. The van der Waals surface area contributed by atoms with E-state index in [4.69, 9.17) is 4.98 Å². The van der Waals surface area contributed by atoms with Crippen LogP contribution in [-0.2, 0) is 11.2 Å². The van der Waals surface area contributed by atoms with Crippen molar-refractivity contribution in [3.63, 3.8) is 0 Å². The summed E-state index contributed by atoms with van der Waals surface area (Å²) in [6.07, 6.45) is 0.331. The van der Waals surface area contributed by atoms with Gasteiger partial charge in [-0.15, -0.1) is 0 Å². The molecule has 0 spiro atoms. The van der Waals surface area contributed by atoms with Crippen LogP contribution >= 0.6 is 15.9 Å². The van der Waals surface area contributed by atoms with Gasteiger partial charge in [-0.2, -0.15) is 0 Å². The summed E-state index contributed by atoms with van der Waals surface area (Å²) in [6, 6.07) is 15.8. The van der Waals surface area contributed by atoms with Gasteiger partial charge in [0.25, 0.3) is 0 Å². The molecule has 140 valence electrons. The topological polar surface area (TPSA) is 45.2 Å². The molecule has 1 heterocycles. The molecule has 0 saturated carbocycles. The summed E-state index contributed by atoms with van der Waals surface area (Å²) >= 11 is 3.49. The SMILES string of the molecule is CCN(CC)c1cc(C)c2cc(NC(=O)Cc3ccccc3Br)ccc2n1. The first kappa shape index (κ1) is 19.4. The number of hydrogen-bond acceptors (Lipinski definition) is 3. The number of anilines is 2. The van der Waals surface area contributed by atoms with Crippen LogP contribution in [0.25, 0.3) is 10.9 Å². The first-order valence-corrected chi connectivity index (χ1v) is 10.0. The molecule has 27 heavy (non-hydrogen) atoms. The zero-order valence-electron chi connectivity index (χ0n) is 15.9. The number of carbonyl (C=O) groups excluding carboxylic acids is 1. The fourth-order valence-electron chi connectivity index (χ4n) is 3.18. The number of rotatable bonds is 6. The monoisotopic (exact) mass is 425 g/mol. The zero-order valence-corrected chi connectivity index (χ0v) is 17.5. The second-order valence-corrected chi connectivity index (χ2v) is 7.37. The van der Waals surface area contributed by atoms with Gasteiger partial charge in [0.05, 0.1) is 11.9 Å². The number of nitrogens with one attached hydrogen (secondary N) is 1. The van der Waals surface area contributed by atoms with Gasteiger partial charge in [0.1, 0.15) is 5.82 Å². The lowest BCUT2D eigenvalue weighted by atomic mass is 10.1. The van der Waals surface area contributed by atoms with Gasteiger partial charge >= 0.3 is 0 Å². The smallest absolute Gasteiger partial charge is 0.228 e. The van der Waals surface area contributed by atoms with Gasteiger partial charge in [-0.3, -0.25) is 4.79 Å². The summed E-state index contributed by atoms with van der Waals surface area (Å²) in [4.78, 5) is 19.4. The average molecular weight is 426 g/mol. The minimum Gasteiger partial charge on any atom is -0.357 e. The Labute approximate surface area is 168 Å². The first-order valence-electron chi connectivity index (χ1n) is 9.21. The number of aromatic nitrogens is 1. The number of nitrogens with zero attached hydrogens (tertiary/aromatic N) is 2. The number of fused-ring (bicyclic) bond motifs is 1. The second kappa shape index (κ2) is 8.53. The fourth-order valence-corrected chi connectivity index (χ4v) is 3.61. The maximum atomic E-state index is 12.4. The number of hydrogen-bond donors (Lipinski definition) is 1. The number of halogens is 1. The van der Waals surface area contributed by atoms with Crippen LogP contribution < -0.4 is 10.2 Å². The number of amides is 1. The van der Waals surface area contributed by atoms with Gasteiger partial charge < -0.3 is 10.2 Å². The second-order valence-electron chi connectivity index (χ2n) is 6.52. The van der Waals surface area contributed by atoms with E-state index in [1.165, 1.54) is 0 Å². The first-order chi connectivity index (χ1) is 13.0. The quantitative estimate of drug-likeness (QED) is 0.579. The lowest BCUT2D eigenvalue weighted by molar-refractivity contribution is -0.115. The number of aryl methyl sites for hydroxylation is 1. The van der Waals surface area contributed by atoms with E-state index in [1.807, 2.05) is 42.5 Å². The minimum atomic E-state index is -0.0355. The predicted octanol–water partition coefficient (Wildman–Crippen LogP) is 5.33. The van der Waals surface area contributed by atoms with E-state index in [0.717, 1.165) is 51.1 Å². The molecule has 2 aromatic carbocycles. The van der Waals surface area contributed by atoms with Gasteiger partial charge in [0.15, 0.2) is 0 Å². The molecule has 1 amide bonds. The normalized spacial score (nSPS) is 10.8. The van der Waals surface area contributed by atoms with Gasteiger partial charge in [0, 0.05) is 28.6 Å². The molecular weight excluding hydrogens is 402 g/mol. The molecule has 0 unspecified atom stereocenters. The van der Waals surface area contributed by atoms with Crippen LogP contribution in [0.15, 0.2) is 53.0 Å². The highest BCUT2D eigenvalue weighted by Gasteiger charge is 2.10. The highest BCUT2D eigenvalue weighted by atomic mass is 79.9. The lowest BCUT2D eigenvalue weighted by Crippen LogP contribution is -2.23. The Kier molecular flexibility index (Phi) is 6.11. The van der Waals surface area contributed by atoms with Crippen molar-refractivity contribution < 1.29 is 4.79 Å². The highest BCUT2D eigenvalue weighted by molar-refractivity contribution is 9.10. The van der Waals surface area contributed by atoms with E-state index in [0.29, 0.717) is 6.42 Å². The summed E-state index contributed by atoms with van der Waals surface area (Å²) in [5.41, 5.74) is 3.86. The third-order valence-electron chi connectivity index (χ3n) is 4.68. The molecule has 3 rings (SSSR count). The van der Waals surface area contributed by atoms with Crippen molar-refractivity contribution in [2.24, 2.45) is 0 Å². The molecule has 0 aliphatic heterocycles. The Morgan fingerprint density at radius 2 is 1.85 bits per heavy atom. The highest BCUT2D eigenvalue weighted by Crippen LogP contribution is 2.25. The van der Waals surface area contributed by atoms with E-state index in [9.17, 15) is 4.79 Å². The van der Waals surface area contributed by atoms with Crippen LogP contribution in [0.3, 0.4) is 0 Å². The van der Waals surface area contributed by atoms with Crippen molar-refractivity contribution in [1.29, 1.82) is 0 Å². The Bertz CT molecular complexity index is 967. The number of benzene rings is 2. The maximum Gasteiger partial charge on any atom is 0.228 e. The largest absolute Gasteiger partial charge is 0.357 e. The zero-order chi connectivity index (χ0) is 19.4. The maximum absolute atomic E-state index is 12.4. The van der Waals surface area contributed by atoms with Crippen molar-refractivity contribution in [2.45, 2.75) is 27.2 Å². The lowest BCUT2D eigenvalue weighted by Gasteiger charge is -2.21. The summed E-state index contributed by atoms with van der Waals surface area (Å²) in [5.74, 6) is 0.960. The van der Waals surface area contributed by atoms with E-state index in [1.54, 1.807) is 0 Å². The van der Waals surface area contributed by atoms with Crippen LogP contribution in [-0.4, -0.2) is 24.0 Å². The Balaban J connectivity index is 1.82. The molecule has 0 bridgehead atoms. The molecule has 5 heteroatoms. The summed E-state index contributed by atoms with van der Waals surface area (Å²) in [7, 11) is 0. The number of pyridine rings is 1. The van der Waals surface area contributed by atoms with Gasteiger partial charge in [0.2, 0.25) is 5.91 Å². The molecule has 0 radical (unpaired) electrons. The van der Waals surface area contributed by atoms with E-state index in [-0.39, 0.29) is 5.91 Å². The Hall–Kier alpha value is -2.40. The Morgan fingerprint density at radius 1 is 1.11 bits per heavy atom. The molecule has 0 saturated heterocycles. The molecule has 1 N–H and O–H groups in total. The third kappa shape index (κ3) is 4.48. The summed E-state index contributed by atoms with van der Waals surface area (Å²) < 4.78 is 0.947. The molecule has 1 aromatic heterocycles. The van der Waals surface area contributed by atoms with Crippen molar-refractivity contribution in [3.8, 4) is 0 Å². The van der Waals surface area contributed by atoms with Crippen molar-refractivity contribution in [3.05, 3.63) is 64.1 Å². The van der Waals surface area contributed by atoms with Gasteiger partial charge in [-0.25, -0.2) is 4.98 Å². The minimum absolute atomic E-state index is 0.0355. The van der Waals surface area contributed by atoms with Gasteiger partial charge in [-0.1, -0.05) is 34.1 Å². The van der Waals surface area contributed by atoms with Crippen molar-refractivity contribution >= 4 is 44.2 Å². The molecule has 4 nitrogen and oxygen atoms in total. The number of carbonyl (C=O) groups is 1. The van der Waals surface area contributed by atoms with E-state index < -0.39 is 0 Å². The summed E-state index contributed by atoms with van der Waals surface area (Å²) in [5, 5.41) is 4.06. The molecule has 0 fully saturated rings. The molecule has 0 aliphatic carbocycles. The Morgan fingerprint density at radius 3 is 2.56 bits per heavy atom. The van der Waals surface area contributed by atoms with Gasteiger partial charge in [-0.05, 0) is 62.2 Å². The van der Waals surface area contributed by atoms with Crippen LogP contribution in [0.4, 0.5) is 11.5 Å². The van der Waals surface area contributed by atoms with E-state index in [2.05, 4.69) is 53.0 Å². The standard InChI is InChI=1S/C22H24BrN3O/c1-4-26(5-2)21-12-15(3)18-14-17(10-11-20(18)25-21)24-22(27)13-16-8-6-7-9-19(16)23/h6-12,14H,4-5,13H2,1-3H3,(H,24,27). The molecule has 0 atom stereocenters. The third-order valence-corrected chi connectivity index (χ3v) is 5.46. The van der Waals surface area contributed by atoms with E-state index >= 15 is 0 Å². The molecule has 0 aliphatic rings. The van der Waals surface area contributed by atoms with Crippen LogP contribution in [0.5, 0.6) is 0 Å². The van der Waals surface area contributed by atoms with Crippen LogP contribution in [0.2, 0.25) is 0 Å².